The lowest BCUT2D eigenvalue weighted by molar-refractivity contribution is 0.0695. The van der Waals surface area contributed by atoms with E-state index in [0.29, 0.717) is 23.1 Å². The molecule has 2 aromatic carbocycles. The number of carboxylic acids is 1. The minimum atomic E-state index is -3.56. The normalized spacial score (nSPS) is 17.6. The first-order valence-electron chi connectivity index (χ1n) is 9.51. The van der Waals surface area contributed by atoms with E-state index in [4.69, 9.17) is 0 Å². The van der Waals surface area contributed by atoms with Crippen molar-refractivity contribution in [1.82, 2.24) is 9.29 Å². The lowest BCUT2D eigenvalue weighted by Crippen LogP contribution is -2.31. The van der Waals surface area contributed by atoms with Gasteiger partial charge in [-0.25, -0.2) is 22.3 Å². The van der Waals surface area contributed by atoms with Crippen LogP contribution >= 0.6 is 0 Å². The number of fused-ring (bicyclic) bond motifs is 2. The highest BCUT2D eigenvalue weighted by Gasteiger charge is 2.28. The number of rotatable bonds is 3. The summed E-state index contributed by atoms with van der Waals surface area (Å²) in [6.07, 6.45) is 3.53. The zero-order valence-electron chi connectivity index (χ0n) is 15.7. The molecule has 0 saturated heterocycles. The van der Waals surface area contributed by atoms with Crippen molar-refractivity contribution in [3.8, 4) is 11.1 Å². The summed E-state index contributed by atoms with van der Waals surface area (Å²) >= 11 is 0. The van der Waals surface area contributed by atoms with Crippen molar-refractivity contribution in [2.24, 2.45) is 0 Å². The Balaban J connectivity index is 1.75. The minimum Gasteiger partial charge on any atom is -0.477 e. The van der Waals surface area contributed by atoms with Gasteiger partial charge >= 0.3 is 5.97 Å². The first-order valence-corrected chi connectivity index (χ1v) is 11.0. The van der Waals surface area contributed by atoms with Crippen LogP contribution in [0.15, 0.2) is 46.2 Å². The number of carbonyl (C=O) groups is 1. The molecule has 1 aliphatic carbocycles. The number of nitrogens with zero attached hydrogens (tertiary/aromatic N) is 1. The minimum absolute atomic E-state index is 0.0211. The van der Waals surface area contributed by atoms with Crippen molar-refractivity contribution in [2.75, 3.05) is 6.54 Å². The number of sulfonamides is 1. The van der Waals surface area contributed by atoms with E-state index >= 15 is 4.39 Å². The lowest BCUT2D eigenvalue weighted by Gasteiger charge is -2.19. The van der Waals surface area contributed by atoms with Gasteiger partial charge in [0, 0.05) is 29.7 Å². The third-order valence-electron chi connectivity index (χ3n) is 5.64. The lowest BCUT2D eigenvalue weighted by atomic mass is 9.99. The highest BCUT2D eigenvalue weighted by atomic mass is 32.2. The van der Waals surface area contributed by atoms with Gasteiger partial charge < -0.3 is 9.67 Å². The maximum absolute atomic E-state index is 15.0. The van der Waals surface area contributed by atoms with Crippen molar-refractivity contribution in [3.05, 3.63) is 63.7 Å². The van der Waals surface area contributed by atoms with Crippen molar-refractivity contribution in [3.63, 3.8) is 0 Å². The Morgan fingerprint density at radius 3 is 2.67 bits per heavy atom. The molecule has 0 bridgehead atoms. The molecule has 1 fully saturated rings. The van der Waals surface area contributed by atoms with E-state index in [0.717, 1.165) is 18.9 Å². The standard InChI is InChI=1S/C21H17FN2O5S/c22-17-8-15-18(24(13-2-3-13)10-16(20(15)25)21(26)27)9-14(17)11-1-4-19-12(7-11)5-6-23-30(19,28)29/h1,4,7-10,13,23H,2-3,5-6H2,(H,26,27). The average Bonchev–Trinajstić information content (AvgIpc) is 3.52. The smallest absolute Gasteiger partial charge is 0.341 e. The third kappa shape index (κ3) is 2.93. The number of aromatic nitrogens is 1. The fraction of sp³-hybridized carbons (Fsp3) is 0.238. The summed E-state index contributed by atoms with van der Waals surface area (Å²) in [6.45, 7) is 0.276. The molecule has 0 spiro atoms. The molecule has 1 saturated carbocycles. The maximum Gasteiger partial charge on any atom is 0.341 e. The summed E-state index contributed by atoms with van der Waals surface area (Å²) in [6, 6.07) is 7.35. The molecule has 1 aromatic heterocycles. The molecular formula is C21H17FN2O5S. The fourth-order valence-corrected chi connectivity index (χ4v) is 5.28. The van der Waals surface area contributed by atoms with Gasteiger partial charge in [-0.05, 0) is 54.7 Å². The summed E-state index contributed by atoms with van der Waals surface area (Å²) < 4.78 is 43.5. The maximum atomic E-state index is 15.0. The highest BCUT2D eigenvalue weighted by Crippen LogP contribution is 2.38. The number of aromatic carboxylic acids is 1. The summed E-state index contributed by atoms with van der Waals surface area (Å²) in [5.74, 6) is -2.01. The van der Waals surface area contributed by atoms with Crippen LogP contribution in [0.4, 0.5) is 4.39 Å². The molecule has 2 aliphatic rings. The third-order valence-corrected chi connectivity index (χ3v) is 7.20. The fourth-order valence-electron chi connectivity index (χ4n) is 4.00. The quantitative estimate of drug-likeness (QED) is 0.667. The van der Waals surface area contributed by atoms with Crippen LogP contribution in [0.5, 0.6) is 0 Å². The Kier molecular flexibility index (Phi) is 4.09. The van der Waals surface area contributed by atoms with Crippen LogP contribution in [0.1, 0.15) is 34.8 Å². The van der Waals surface area contributed by atoms with E-state index in [-0.39, 0.29) is 34.0 Å². The molecule has 154 valence electrons. The molecule has 0 unspecified atom stereocenters. The zero-order chi connectivity index (χ0) is 21.2. The number of carboxylic acid groups (broad SMARTS) is 1. The highest BCUT2D eigenvalue weighted by molar-refractivity contribution is 7.89. The number of hydrogen-bond donors (Lipinski definition) is 2. The SMILES string of the molecule is O=C(O)c1cn(C2CC2)c2cc(-c3ccc4c(c3)CCNS4(=O)=O)c(F)cc2c1=O. The Morgan fingerprint density at radius 2 is 1.97 bits per heavy atom. The zero-order valence-corrected chi connectivity index (χ0v) is 16.5. The van der Waals surface area contributed by atoms with Crippen LogP contribution in [-0.4, -0.2) is 30.6 Å². The molecule has 0 atom stereocenters. The molecule has 0 amide bonds. The molecule has 0 radical (unpaired) electrons. The molecule has 7 nitrogen and oxygen atoms in total. The summed E-state index contributed by atoms with van der Waals surface area (Å²) in [7, 11) is -3.56. The van der Waals surface area contributed by atoms with E-state index in [1.807, 2.05) is 0 Å². The van der Waals surface area contributed by atoms with Gasteiger partial charge in [0.1, 0.15) is 11.4 Å². The largest absolute Gasteiger partial charge is 0.477 e. The second kappa shape index (κ2) is 6.48. The predicted molar refractivity (Wildman–Crippen MR) is 108 cm³/mol. The molecule has 1 aliphatic heterocycles. The Bertz CT molecular complexity index is 1410. The summed E-state index contributed by atoms with van der Waals surface area (Å²) in [5.41, 5.74) is 0.707. The van der Waals surface area contributed by atoms with Crippen LogP contribution in [0.3, 0.4) is 0 Å². The molecule has 9 heteroatoms. The number of pyridine rings is 1. The topological polar surface area (TPSA) is 105 Å². The molecule has 2 N–H and O–H groups in total. The van der Waals surface area contributed by atoms with Gasteiger partial charge in [0.05, 0.1) is 10.4 Å². The summed E-state index contributed by atoms with van der Waals surface area (Å²) in [5, 5.41) is 9.37. The molecule has 30 heavy (non-hydrogen) atoms. The first kappa shape index (κ1) is 19.0. The van der Waals surface area contributed by atoms with Crippen molar-refractivity contribution in [2.45, 2.75) is 30.2 Å². The van der Waals surface area contributed by atoms with Gasteiger partial charge in [0.25, 0.3) is 0 Å². The Hall–Kier alpha value is -3.04. The van der Waals surface area contributed by atoms with Crippen LogP contribution < -0.4 is 10.2 Å². The first-order chi connectivity index (χ1) is 14.3. The average molecular weight is 428 g/mol. The van der Waals surface area contributed by atoms with Crippen molar-refractivity contribution in [1.29, 1.82) is 0 Å². The second-order valence-corrected chi connectivity index (χ2v) is 9.37. The predicted octanol–water partition coefficient (Wildman–Crippen LogP) is 2.68. The Labute approximate surface area is 170 Å². The monoisotopic (exact) mass is 428 g/mol. The van der Waals surface area contributed by atoms with Crippen molar-refractivity contribution >= 4 is 26.9 Å². The van der Waals surface area contributed by atoms with E-state index in [2.05, 4.69) is 4.72 Å². The van der Waals surface area contributed by atoms with Crippen LogP contribution in [0.2, 0.25) is 0 Å². The number of nitrogens with one attached hydrogen (secondary N) is 1. The van der Waals surface area contributed by atoms with Gasteiger partial charge in [0.2, 0.25) is 15.5 Å². The molecule has 5 rings (SSSR count). The summed E-state index contributed by atoms with van der Waals surface area (Å²) in [4.78, 5) is 24.2. The number of hydrogen-bond acceptors (Lipinski definition) is 4. The van der Waals surface area contributed by atoms with Crippen LogP contribution in [-0.2, 0) is 16.4 Å². The number of benzene rings is 2. The van der Waals surface area contributed by atoms with Gasteiger partial charge in [-0.1, -0.05) is 6.07 Å². The van der Waals surface area contributed by atoms with Gasteiger partial charge in [-0.3, -0.25) is 4.79 Å². The second-order valence-electron chi connectivity index (χ2n) is 7.63. The van der Waals surface area contributed by atoms with E-state index in [9.17, 15) is 23.1 Å². The van der Waals surface area contributed by atoms with Gasteiger partial charge in [0.15, 0.2) is 0 Å². The molecule has 2 heterocycles. The number of halogens is 1. The molecular weight excluding hydrogens is 411 g/mol. The van der Waals surface area contributed by atoms with Gasteiger partial charge in [-0.2, -0.15) is 0 Å². The van der Waals surface area contributed by atoms with Crippen molar-refractivity contribution < 1.29 is 22.7 Å². The van der Waals surface area contributed by atoms with Gasteiger partial charge in [-0.15, -0.1) is 0 Å². The Morgan fingerprint density at radius 1 is 1.20 bits per heavy atom. The van der Waals surface area contributed by atoms with E-state index < -0.39 is 27.2 Å². The van der Waals surface area contributed by atoms with Crippen LogP contribution in [0.25, 0.3) is 22.0 Å². The van der Waals surface area contributed by atoms with Crippen LogP contribution in [0, 0.1) is 5.82 Å². The van der Waals surface area contributed by atoms with E-state index in [1.165, 1.54) is 12.3 Å². The van der Waals surface area contributed by atoms with E-state index in [1.54, 1.807) is 22.8 Å². The molecule has 3 aromatic rings.